The van der Waals surface area contributed by atoms with E-state index in [1.807, 2.05) is 18.5 Å². The fourth-order valence-corrected chi connectivity index (χ4v) is 3.31. The predicted octanol–water partition coefficient (Wildman–Crippen LogP) is 1.12. The number of piperazine rings is 3. The highest BCUT2D eigenvalue weighted by molar-refractivity contribution is 5.17. The van der Waals surface area contributed by atoms with Crippen LogP contribution in [0, 0.1) is 0 Å². The van der Waals surface area contributed by atoms with Crippen LogP contribution in [0.5, 0.6) is 0 Å². The van der Waals surface area contributed by atoms with Crippen LogP contribution < -0.4 is 5.32 Å². The highest BCUT2D eigenvalue weighted by Gasteiger charge is 2.37. The van der Waals surface area contributed by atoms with Crippen LogP contribution in [0.4, 0.5) is 0 Å². The van der Waals surface area contributed by atoms with Gasteiger partial charge >= 0.3 is 0 Å². The maximum absolute atomic E-state index is 4.30. The van der Waals surface area contributed by atoms with Gasteiger partial charge < -0.3 is 5.32 Å². The summed E-state index contributed by atoms with van der Waals surface area (Å²) < 4.78 is 0. The second-order valence-corrected chi connectivity index (χ2v) is 5.62. The van der Waals surface area contributed by atoms with Gasteiger partial charge in [-0.2, -0.15) is 0 Å². The normalized spacial score (nSPS) is 31.3. The summed E-state index contributed by atoms with van der Waals surface area (Å²) in [5.74, 6) is 0. The molecular weight excluding hydrogens is 236 g/mol. The molecule has 1 aromatic heterocycles. The Morgan fingerprint density at radius 3 is 2.79 bits per heavy atom. The van der Waals surface area contributed by atoms with E-state index in [9.17, 15) is 0 Å². The largest absolute Gasteiger partial charge is 0.309 e. The summed E-state index contributed by atoms with van der Waals surface area (Å²) >= 11 is 0. The van der Waals surface area contributed by atoms with Crippen LogP contribution in [0.15, 0.2) is 24.5 Å². The SMILES string of the molecule is CCCNC(c1cccnc1)C1CN2CCN1CC2. The van der Waals surface area contributed by atoms with Gasteiger partial charge in [-0.1, -0.05) is 13.0 Å². The third-order valence-electron chi connectivity index (χ3n) is 4.36. The molecule has 4 rings (SSSR count). The number of pyridine rings is 1. The van der Waals surface area contributed by atoms with E-state index in [0.717, 1.165) is 6.54 Å². The van der Waals surface area contributed by atoms with Crippen LogP contribution in [0.1, 0.15) is 24.9 Å². The lowest BCUT2D eigenvalue weighted by atomic mass is 9.95. The van der Waals surface area contributed by atoms with Crippen molar-refractivity contribution >= 4 is 0 Å². The summed E-state index contributed by atoms with van der Waals surface area (Å²) in [6.45, 7) is 9.41. The fraction of sp³-hybridized carbons (Fsp3) is 0.667. The highest BCUT2D eigenvalue weighted by Crippen LogP contribution is 2.26. The van der Waals surface area contributed by atoms with E-state index in [4.69, 9.17) is 0 Å². The molecule has 4 heterocycles. The summed E-state index contributed by atoms with van der Waals surface area (Å²) in [7, 11) is 0. The van der Waals surface area contributed by atoms with Crippen LogP contribution in [0.3, 0.4) is 0 Å². The Hall–Kier alpha value is -0.970. The Labute approximate surface area is 115 Å². The minimum atomic E-state index is 0.414. The molecule has 3 saturated heterocycles. The zero-order chi connectivity index (χ0) is 13.1. The molecule has 0 radical (unpaired) electrons. The number of hydrogen-bond donors (Lipinski definition) is 1. The van der Waals surface area contributed by atoms with Gasteiger partial charge in [-0.15, -0.1) is 0 Å². The van der Waals surface area contributed by atoms with Gasteiger partial charge in [-0.05, 0) is 24.6 Å². The van der Waals surface area contributed by atoms with Crippen molar-refractivity contribution in [2.75, 3.05) is 39.3 Å². The molecular formula is C15H24N4. The summed E-state index contributed by atoms with van der Waals surface area (Å²) in [6, 6.07) is 5.26. The van der Waals surface area contributed by atoms with Crippen molar-refractivity contribution in [1.29, 1.82) is 0 Å². The Balaban J connectivity index is 1.79. The van der Waals surface area contributed by atoms with Crippen LogP contribution in [0.25, 0.3) is 0 Å². The van der Waals surface area contributed by atoms with Crippen molar-refractivity contribution in [2.24, 2.45) is 0 Å². The average molecular weight is 260 g/mol. The van der Waals surface area contributed by atoms with Gasteiger partial charge in [-0.25, -0.2) is 0 Å². The zero-order valence-corrected chi connectivity index (χ0v) is 11.8. The minimum Gasteiger partial charge on any atom is -0.309 e. The van der Waals surface area contributed by atoms with Gasteiger partial charge in [0.05, 0.1) is 6.04 Å². The molecule has 1 aromatic rings. The summed E-state index contributed by atoms with van der Waals surface area (Å²) in [5, 5.41) is 3.73. The monoisotopic (exact) mass is 260 g/mol. The molecule has 1 N–H and O–H groups in total. The Morgan fingerprint density at radius 2 is 2.21 bits per heavy atom. The minimum absolute atomic E-state index is 0.414. The van der Waals surface area contributed by atoms with Gasteiger partial charge in [-0.3, -0.25) is 14.8 Å². The maximum Gasteiger partial charge on any atom is 0.0506 e. The molecule has 3 aliphatic heterocycles. The van der Waals surface area contributed by atoms with E-state index >= 15 is 0 Å². The second kappa shape index (κ2) is 5.99. The highest BCUT2D eigenvalue weighted by atomic mass is 15.4. The van der Waals surface area contributed by atoms with E-state index in [-0.39, 0.29) is 0 Å². The van der Waals surface area contributed by atoms with Crippen LogP contribution >= 0.6 is 0 Å². The molecule has 3 aliphatic rings. The smallest absolute Gasteiger partial charge is 0.0506 e. The van der Waals surface area contributed by atoms with E-state index < -0.39 is 0 Å². The topological polar surface area (TPSA) is 31.4 Å². The molecule has 0 aliphatic carbocycles. The number of nitrogens with one attached hydrogen (secondary N) is 1. The van der Waals surface area contributed by atoms with Crippen molar-refractivity contribution in [3.05, 3.63) is 30.1 Å². The number of fused-ring (bicyclic) bond motifs is 3. The Bertz CT molecular complexity index is 386. The number of hydrogen-bond acceptors (Lipinski definition) is 4. The molecule has 4 nitrogen and oxygen atoms in total. The zero-order valence-electron chi connectivity index (χ0n) is 11.8. The summed E-state index contributed by atoms with van der Waals surface area (Å²) in [6.07, 6.45) is 5.05. The Kier molecular flexibility index (Phi) is 4.11. The van der Waals surface area contributed by atoms with Crippen LogP contribution in [-0.2, 0) is 0 Å². The van der Waals surface area contributed by atoms with Gasteiger partial charge in [0, 0.05) is 51.2 Å². The standard InChI is InChI=1S/C15H24N4/c1-2-5-17-15(13-4-3-6-16-11-13)14-12-18-7-9-19(14)10-8-18/h3-4,6,11,14-15,17H,2,5,7-10,12H2,1H3. The predicted molar refractivity (Wildman–Crippen MR) is 77.1 cm³/mol. The lowest BCUT2D eigenvalue weighted by molar-refractivity contribution is -0.00369. The van der Waals surface area contributed by atoms with Crippen molar-refractivity contribution in [3.63, 3.8) is 0 Å². The molecule has 0 aromatic carbocycles. The second-order valence-electron chi connectivity index (χ2n) is 5.62. The van der Waals surface area contributed by atoms with Crippen molar-refractivity contribution in [2.45, 2.75) is 25.4 Å². The Morgan fingerprint density at radius 1 is 1.37 bits per heavy atom. The molecule has 0 saturated carbocycles. The van der Waals surface area contributed by atoms with Crippen molar-refractivity contribution in [1.82, 2.24) is 20.1 Å². The molecule has 2 bridgehead atoms. The molecule has 4 heteroatoms. The number of rotatable bonds is 5. The first-order valence-corrected chi connectivity index (χ1v) is 7.48. The van der Waals surface area contributed by atoms with E-state index in [0.29, 0.717) is 12.1 Å². The molecule has 19 heavy (non-hydrogen) atoms. The lowest BCUT2D eigenvalue weighted by Crippen LogP contribution is -2.64. The molecule has 3 fully saturated rings. The molecule has 2 atom stereocenters. The number of aromatic nitrogens is 1. The van der Waals surface area contributed by atoms with E-state index in [2.05, 4.69) is 33.1 Å². The summed E-state index contributed by atoms with van der Waals surface area (Å²) in [4.78, 5) is 9.55. The fourth-order valence-electron chi connectivity index (χ4n) is 3.31. The van der Waals surface area contributed by atoms with E-state index in [1.165, 1.54) is 44.7 Å². The van der Waals surface area contributed by atoms with Crippen LogP contribution in [0.2, 0.25) is 0 Å². The van der Waals surface area contributed by atoms with Gasteiger partial charge in [0.15, 0.2) is 0 Å². The first-order valence-electron chi connectivity index (χ1n) is 7.48. The first-order chi connectivity index (χ1) is 9.38. The molecule has 104 valence electrons. The molecule has 0 spiro atoms. The van der Waals surface area contributed by atoms with Gasteiger partial charge in [0.1, 0.15) is 0 Å². The molecule has 2 unspecified atom stereocenters. The third-order valence-corrected chi connectivity index (χ3v) is 4.36. The quantitative estimate of drug-likeness (QED) is 0.860. The third kappa shape index (κ3) is 2.81. The van der Waals surface area contributed by atoms with Crippen molar-refractivity contribution in [3.8, 4) is 0 Å². The van der Waals surface area contributed by atoms with Gasteiger partial charge in [0.25, 0.3) is 0 Å². The lowest BCUT2D eigenvalue weighted by Gasteiger charge is -2.50. The van der Waals surface area contributed by atoms with Gasteiger partial charge in [0.2, 0.25) is 0 Å². The van der Waals surface area contributed by atoms with E-state index in [1.54, 1.807) is 0 Å². The van der Waals surface area contributed by atoms with Crippen molar-refractivity contribution < 1.29 is 0 Å². The molecule has 0 amide bonds. The maximum atomic E-state index is 4.30. The van der Waals surface area contributed by atoms with Crippen LogP contribution in [-0.4, -0.2) is 60.1 Å². The average Bonchev–Trinajstić information content (AvgIpc) is 2.50. The first kappa shape index (κ1) is 13.0. The summed E-state index contributed by atoms with van der Waals surface area (Å²) in [5.41, 5.74) is 1.33. The number of nitrogens with zero attached hydrogens (tertiary/aromatic N) is 3.